The summed E-state index contributed by atoms with van der Waals surface area (Å²) in [7, 11) is 0. The smallest absolute Gasteiger partial charge is 0.298 e. The topological polar surface area (TPSA) is 81.8 Å². The molecule has 2 fully saturated rings. The van der Waals surface area contributed by atoms with Crippen LogP contribution >= 0.6 is 0 Å². The molecule has 2 aliphatic rings. The zero-order valence-electron chi connectivity index (χ0n) is 16.3. The minimum absolute atomic E-state index is 0.0718. The van der Waals surface area contributed by atoms with Crippen LogP contribution in [0.2, 0.25) is 0 Å². The molecule has 2 aliphatic heterocycles. The van der Waals surface area contributed by atoms with Crippen LogP contribution in [-0.2, 0) is 4.79 Å². The van der Waals surface area contributed by atoms with Crippen LogP contribution in [0.1, 0.15) is 32.1 Å². The van der Waals surface area contributed by atoms with Crippen molar-refractivity contribution in [2.45, 2.75) is 38.1 Å². The number of hydrogen-bond donors (Lipinski definition) is 2. The number of amides is 1. The summed E-state index contributed by atoms with van der Waals surface area (Å²) < 4.78 is 5.91. The van der Waals surface area contributed by atoms with Gasteiger partial charge in [-0.2, -0.15) is 4.98 Å². The minimum atomic E-state index is 0.0718. The number of benzene rings is 1. The highest BCUT2D eigenvalue weighted by atomic mass is 16.4. The third-order valence-electron chi connectivity index (χ3n) is 5.99. The van der Waals surface area contributed by atoms with Crippen molar-refractivity contribution in [1.82, 2.24) is 15.2 Å². The van der Waals surface area contributed by atoms with Gasteiger partial charge in [0.2, 0.25) is 5.91 Å². The monoisotopic (exact) mass is 386 g/mol. The molecule has 2 aromatic rings. The van der Waals surface area contributed by atoms with E-state index >= 15 is 0 Å². The second-order valence-corrected chi connectivity index (χ2v) is 7.88. The summed E-state index contributed by atoms with van der Waals surface area (Å²) in [6, 6.07) is 9.13. The average molecular weight is 386 g/mol. The highest BCUT2D eigenvalue weighted by Crippen LogP contribution is 2.28. The Balaban J connectivity index is 1.30. The second-order valence-electron chi connectivity index (χ2n) is 7.88. The number of oxazole rings is 1. The molecule has 2 saturated heterocycles. The molecule has 1 aromatic heterocycles. The van der Waals surface area contributed by atoms with Crippen molar-refractivity contribution >= 4 is 23.0 Å². The molecule has 0 bridgehead atoms. The average Bonchev–Trinajstić information content (AvgIpc) is 3.18. The van der Waals surface area contributed by atoms with Gasteiger partial charge >= 0.3 is 0 Å². The van der Waals surface area contributed by atoms with Crippen molar-refractivity contribution in [3.63, 3.8) is 0 Å². The van der Waals surface area contributed by atoms with Gasteiger partial charge in [0.1, 0.15) is 5.52 Å². The number of aliphatic hydroxyl groups excluding tert-OH is 1. The summed E-state index contributed by atoms with van der Waals surface area (Å²) in [6.45, 7) is 4.47. The molecule has 1 amide bonds. The molecule has 7 heteroatoms. The van der Waals surface area contributed by atoms with Crippen LogP contribution in [0.3, 0.4) is 0 Å². The molecular weight excluding hydrogens is 356 g/mol. The van der Waals surface area contributed by atoms with Crippen molar-refractivity contribution in [2.24, 2.45) is 5.92 Å². The lowest BCUT2D eigenvalue weighted by Gasteiger charge is -2.41. The fourth-order valence-corrected chi connectivity index (χ4v) is 4.40. The van der Waals surface area contributed by atoms with E-state index in [1.807, 2.05) is 24.3 Å². The van der Waals surface area contributed by atoms with Gasteiger partial charge in [-0.1, -0.05) is 12.1 Å². The highest BCUT2D eigenvalue weighted by molar-refractivity contribution is 5.79. The molecule has 7 nitrogen and oxygen atoms in total. The van der Waals surface area contributed by atoms with Crippen LogP contribution in [0, 0.1) is 5.92 Å². The Labute approximate surface area is 165 Å². The fourth-order valence-electron chi connectivity index (χ4n) is 4.40. The molecule has 2 N–H and O–H groups in total. The number of carbonyl (C=O) groups is 1. The van der Waals surface area contributed by atoms with Gasteiger partial charge in [-0.3, -0.25) is 9.69 Å². The van der Waals surface area contributed by atoms with Crippen LogP contribution in [0.5, 0.6) is 0 Å². The van der Waals surface area contributed by atoms with Crippen molar-refractivity contribution in [1.29, 1.82) is 0 Å². The van der Waals surface area contributed by atoms with E-state index in [4.69, 9.17) is 9.52 Å². The van der Waals surface area contributed by atoms with E-state index in [-0.39, 0.29) is 18.4 Å². The van der Waals surface area contributed by atoms with Gasteiger partial charge < -0.3 is 19.7 Å². The van der Waals surface area contributed by atoms with E-state index in [1.165, 1.54) is 0 Å². The number of fused-ring (bicyclic) bond motifs is 1. The normalized spacial score (nSPS) is 21.9. The fraction of sp³-hybridized carbons (Fsp3) is 0.619. The van der Waals surface area contributed by atoms with Crippen LogP contribution < -0.4 is 10.2 Å². The van der Waals surface area contributed by atoms with Crippen LogP contribution in [0.25, 0.3) is 11.1 Å². The standard InChI is InChI=1S/C21H30N4O3/c26-14-4-10-22-20(27)16-5-3-11-25(15-16)17-8-12-24(13-9-17)21-23-18-6-1-2-7-19(18)28-21/h1-2,6-7,16-17,26H,3-5,8-15H2,(H,22,27)/t16-/m0/s1. The van der Waals surface area contributed by atoms with E-state index in [0.29, 0.717) is 19.0 Å². The minimum Gasteiger partial charge on any atom is -0.423 e. The number of anilines is 1. The van der Waals surface area contributed by atoms with E-state index in [0.717, 1.165) is 69.0 Å². The van der Waals surface area contributed by atoms with Crippen molar-refractivity contribution in [2.75, 3.05) is 44.2 Å². The van der Waals surface area contributed by atoms with Gasteiger partial charge in [0.25, 0.3) is 6.01 Å². The molecule has 0 unspecified atom stereocenters. The first-order valence-electron chi connectivity index (χ1n) is 10.5. The molecule has 4 rings (SSSR count). The zero-order chi connectivity index (χ0) is 19.3. The summed E-state index contributed by atoms with van der Waals surface area (Å²) in [5.74, 6) is 0.213. The van der Waals surface area contributed by atoms with Crippen LogP contribution in [-0.4, -0.2) is 66.3 Å². The molecule has 0 aliphatic carbocycles. The first-order valence-corrected chi connectivity index (χ1v) is 10.5. The van der Waals surface area contributed by atoms with Gasteiger partial charge in [-0.05, 0) is 50.8 Å². The number of rotatable bonds is 6. The molecule has 0 spiro atoms. The molecule has 1 aromatic carbocycles. The lowest BCUT2D eigenvalue weighted by molar-refractivity contribution is -0.127. The van der Waals surface area contributed by atoms with Crippen LogP contribution in [0.15, 0.2) is 28.7 Å². The van der Waals surface area contributed by atoms with Crippen LogP contribution in [0.4, 0.5) is 6.01 Å². The lowest BCUT2D eigenvalue weighted by atomic mass is 9.93. The molecule has 0 saturated carbocycles. The predicted octanol–water partition coefficient (Wildman–Crippen LogP) is 2.01. The zero-order valence-corrected chi connectivity index (χ0v) is 16.3. The third kappa shape index (κ3) is 4.31. The number of piperidine rings is 2. The molecule has 0 radical (unpaired) electrons. The van der Waals surface area contributed by atoms with Crippen molar-refractivity contribution < 1.29 is 14.3 Å². The SMILES string of the molecule is O=C(NCCCO)[C@H]1CCCN(C2CCN(c3nc4ccccc4o3)CC2)C1. The van der Waals surface area contributed by atoms with Crippen molar-refractivity contribution in [3.8, 4) is 0 Å². The Kier molecular flexibility index (Phi) is 6.12. The molecular formula is C21H30N4O3. The Morgan fingerprint density at radius 3 is 2.82 bits per heavy atom. The van der Waals surface area contributed by atoms with E-state index in [2.05, 4.69) is 20.1 Å². The summed E-state index contributed by atoms with van der Waals surface area (Å²) in [4.78, 5) is 21.7. The molecule has 3 heterocycles. The Hall–Kier alpha value is -2.12. The number of aromatic nitrogens is 1. The number of aliphatic hydroxyl groups is 1. The van der Waals surface area contributed by atoms with E-state index in [1.54, 1.807) is 0 Å². The number of likely N-dealkylation sites (tertiary alicyclic amines) is 1. The summed E-state index contributed by atoms with van der Waals surface area (Å²) in [6.07, 6.45) is 4.79. The Morgan fingerprint density at radius 1 is 1.21 bits per heavy atom. The van der Waals surface area contributed by atoms with Gasteiger partial charge in [0.15, 0.2) is 5.58 Å². The summed E-state index contributed by atoms with van der Waals surface area (Å²) in [5, 5.41) is 11.8. The van der Waals surface area contributed by atoms with Crippen molar-refractivity contribution in [3.05, 3.63) is 24.3 Å². The molecule has 152 valence electrons. The second kappa shape index (κ2) is 8.92. The number of carbonyl (C=O) groups excluding carboxylic acids is 1. The quantitative estimate of drug-likeness (QED) is 0.739. The predicted molar refractivity (Wildman–Crippen MR) is 108 cm³/mol. The Morgan fingerprint density at radius 2 is 2.04 bits per heavy atom. The number of nitrogens with zero attached hydrogens (tertiary/aromatic N) is 3. The maximum Gasteiger partial charge on any atom is 0.298 e. The van der Waals surface area contributed by atoms with Gasteiger partial charge in [0, 0.05) is 38.8 Å². The molecule has 28 heavy (non-hydrogen) atoms. The highest BCUT2D eigenvalue weighted by Gasteiger charge is 2.32. The number of para-hydroxylation sites is 2. The van der Waals surface area contributed by atoms with Gasteiger partial charge in [-0.15, -0.1) is 0 Å². The van der Waals surface area contributed by atoms with E-state index in [9.17, 15) is 4.79 Å². The van der Waals surface area contributed by atoms with Gasteiger partial charge in [-0.25, -0.2) is 0 Å². The maximum absolute atomic E-state index is 12.4. The third-order valence-corrected chi connectivity index (χ3v) is 5.99. The number of nitrogens with one attached hydrogen (secondary N) is 1. The summed E-state index contributed by atoms with van der Waals surface area (Å²) >= 11 is 0. The number of hydrogen-bond acceptors (Lipinski definition) is 6. The first-order chi connectivity index (χ1) is 13.7. The summed E-state index contributed by atoms with van der Waals surface area (Å²) in [5.41, 5.74) is 1.75. The Bertz CT molecular complexity index is 752. The van der Waals surface area contributed by atoms with Gasteiger partial charge in [0.05, 0.1) is 5.92 Å². The maximum atomic E-state index is 12.4. The first kappa shape index (κ1) is 19.2. The van der Waals surface area contributed by atoms with E-state index < -0.39 is 0 Å². The largest absolute Gasteiger partial charge is 0.423 e. The lowest BCUT2D eigenvalue weighted by Crippen LogP contribution is -2.51. The molecule has 1 atom stereocenters.